The lowest BCUT2D eigenvalue weighted by atomic mass is 9.91. The summed E-state index contributed by atoms with van der Waals surface area (Å²) in [6.07, 6.45) is 6.29. The highest BCUT2D eigenvalue weighted by Gasteiger charge is 2.31. The Bertz CT molecular complexity index is 1670. The van der Waals surface area contributed by atoms with Crippen LogP contribution >= 0.6 is 11.6 Å². The van der Waals surface area contributed by atoms with E-state index in [1.807, 2.05) is 22.9 Å². The average Bonchev–Trinajstić information content (AvgIpc) is 3.37. The van der Waals surface area contributed by atoms with Gasteiger partial charge in [-0.15, -0.1) is 0 Å². The number of hydrogen-bond donors (Lipinski definition) is 2. The van der Waals surface area contributed by atoms with Crippen molar-refractivity contribution in [3.05, 3.63) is 58.9 Å². The Labute approximate surface area is 248 Å². The van der Waals surface area contributed by atoms with E-state index in [4.69, 9.17) is 32.2 Å². The first-order valence-electron chi connectivity index (χ1n) is 14.2. The van der Waals surface area contributed by atoms with E-state index in [1.54, 1.807) is 11.1 Å². The molecule has 2 aliphatic rings. The van der Waals surface area contributed by atoms with Crippen molar-refractivity contribution in [2.75, 3.05) is 24.6 Å². The van der Waals surface area contributed by atoms with E-state index in [0.717, 1.165) is 36.1 Å². The minimum absolute atomic E-state index is 0.136. The standard InChI is InChI=1S/C30H33ClN8O3/c1-16(2)8-21-28(29(32)41)27(20-13-36-39(30(20)37-21)22-6-7-33-10-17(22)3)18-4-5-23-24(9-18)42-15-26(40)38(23)14-25-34-11-19(31)12-35-25/h4-5,9,11-13,16-17,22,33H,6-8,10,14-15H2,1-3H3,(H2,32,41)/t17-,22?/m1/s1. The number of carbonyl (C=O) groups excluding carboxylic acids is 2. The highest BCUT2D eigenvalue weighted by atomic mass is 35.5. The number of fused-ring (bicyclic) bond motifs is 2. The first kappa shape index (κ1) is 28.0. The maximum absolute atomic E-state index is 13.1. The number of ether oxygens (including phenoxy) is 1. The Morgan fingerprint density at radius 2 is 2.02 bits per heavy atom. The Morgan fingerprint density at radius 3 is 2.74 bits per heavy atom. The fourth-order valence-corrected chi connectivity index (χ4v) is 6.01. The topological polar surface area (TPSA) is 141 Å². The molecule has 11 nitrogen and oxygen atoms in total. The number of halogens is 1. The van der Waals surface area contributed by atoms with Crippen molar-refractivity contribution < 1.29 is 14.3 Å². The van der Waals surface area contributed by atoms with Gasteiger partial charge in [-0.3, -0.25) is 14.5 Å². The number of piperidine rings is 1. The second-order valence-corrected chi connectivity index (χ2v) is 11.8. The second kappa shape index (κ2) is 11.3. The summed E-state index contributed by atoms with van der Waals surface area (Å²) in [6, 6.07) is 5.72. The fraction of sp³-hybridized carbons (Fsp3) is 0.400. The third-order valence-corrected chi connectivity index (χ3v) is 8.08. The number of nitrogens with one attached hydrogen (secondary N) is 1. The summed E-state index contributed by atoms with van der Waals surface area (Å²) < 4.78 is 7.91. The number of amides is 2. The monoisotopic (exact) mass is 588 g/mol. The molecule has 0 bridgehead atoms. The van der Waals surface area contributed by atoms with Crippen LogP contribution in [0.3, 0.4) is 0 Å². The van der Waals surface area contributed by atoms with Crippen molar-refractivity contribution >= 4 is 40.1 Å². The van der Waals surface area contributed by atoms with Gasteiger partial charge >= 0.3 is 0 Å². The predicted molar refractivity (Wildman–Crippen MR) is 159 cm³/mol. The Hall–Kier alpha value is -4.09. The van der Waals surface area contributed by atoms with Crippen molar-refractivity contribution in [2.24, 2.45) is 17.6 Å². The highest BCUT2D eigenvalue weighted by molar-refractivity contribution is 6.30. The van der Waals surface area contributed by atoms with Gasteiger partial charge in [-0.1, -0.05) is 38.4 Å². The minimum Gasteiger partial charge on any atom is -0.482 e. The summed E-state index contributed by atoms with van der Waals surface area (Å²) >= 11 is 5.94. The molecule has 1 unspecified atom stereocenters. The molecule has 2 aliphatic heterocycles. The van der Waals surface area contributed by atoms with E-state index in [9.17, 15) is 9.59 Å². The number of pyridine rings is 1. The summed E-state index contributed by atoms with van der Waals surface area (Å²) in [4.78, 5) is 41.0. The van der Waals surface area contributed by atoms with Crippen molar-refractivity contribution in [2.45, 2.75) is 46.2 Å². The number of aromatic nitrogens is 5. The largest absolute Gasteiger partial charge is 0.482 e. The highest BCUT2D eigenvalue weighted by Crippen LogP contribution is 2.41. The van der Waals surface area contributed by atoms with Crippen LogP contribution in [0.2, 0.25) is 5.02 Å². The summed E-state index contributed by atoms with van der Waals surface area (Å²) in [5.74, 6) is 0.807. The SMILES string of the molecule is CC(C)Cc1nc2c(cnn2C2CCNC[C@H]2C)c(-c2ccc3c(c2)OCC(=O)N3Cc2ncc(Cl)cn2)c1C(N)=O. The molecule has 0 aliphatic carbocycles. The minimum atomic E-state index is -0.548. The smallest absolute Gasteiger partial charge is 0.265 e. The third-order valence-electron chi connectivity index (χ3n) is 7.88. The van der Waals surface area contributed by atoms with E-state index in [0.29, 0.717) is 51.4 Å². The van der Waals surface area contributed by atoms with Gasteiger partial charge in [0.25, 0.3) is 11.8 Å². The summed E-state index contributed by atoms with van der Waals surface area (Å²) in [5, 5.41) is 9.42. The number of rotatable bonds is 7. The van der Waals surface area contributed by atoms with Crippen LogP contribution in [0, 0.1) is 11.8 Å². The molecule has 0 radical (unpaired) electrons. The molecule has 3 aromatic heterocycles. The van der Waals surface area contributed by atoms with E-state index < -0.39 is 5.91 Å². The van der Waals surface area contributed by atoms with Crippen LogP contribution in [0.25, 0.3) is 22.2 Å². The van der Waals surface area contributed by atoms with E-state index in [-0.39, 0.29) is 31.0 Å². The molecule has 218 valence electrons. The zero-order valence-electron chi connectivity index (χ0n) is 23.8. The second-order valence-electron chi connectivity index (χ2n) is 11.4. The zero-order valence-corrected chi connectivity index (χ0v) is 24.6. The molecule has 5 heterocycles. The molecule has 3 N–H and O–H groups in total. The van der Waals surface area contributed by atoms with Crippen LogP contribution in [0.5, 0.6) is 5.75 Å². The Kier molecular flexibility index (Phi) is 7.54. The number of carbonyl (C=O) groups is 2. The Morgan fingerprint density at radius 1 is 1.24 bits per heavy atom. The predicted octanol–water partition coefficient (Wildman–Crippen LogP) is 3.94. The van der Waals surface area contributed by atoms with E-state index in [2.05, 4.69) is 36.1 Å². The third kappa shape index (κ3) is 5.18. The molecule has 1 saturated heterocycles. The molecular weight excluding hydrogens is 556 g/mol. The van der Waals surface area contributed by atoms with Gasteiger partial charge in [-0.25, -0.2) is 19.6 Å². The number of benzene rings is 1. The van der Waals surface area contributed by atoms with Gasteiger partial charge in [0.1, 0.15) is 11.6 Å². The lowest BCUT2D eigenvalue weighted by molar-refractivity contribution is -0.121. The fourth-order valence-electron chi connectivity index (χ4n) is 5.91. The number of hydrogen-bond acceptors (Lipinski definition) is 8. The number of anilines is 1. The van der Waals surface area contributed by atoms with Crippen LogP contribution in [-0.2, 0) is 17.8 Å². The first-order chi connectivity index (χ1) is 20.2. The average molecular weight is 589 g/mol. The van der Waals surface area contributed by atoms with Gasteiger partial charge in [0.15, 0.2) is 12.3 Å². The maximum Gasteiger partial charge on any atom is 0.265 e. The van der Waals surface area contributed by atoms with Gasteiger partial charge < -0.3 is 15.8 Å². The first-order valence-corrected chi connectivity index (χ1v) is 14.5. The van der Waals surface area contributed by atoms with Crippen molar-refractivity contribution in [3.63, 3.8) is 0 Å². The summed E-state index contributed by atoms with van der Waals surface area (Å²) in [6.45, 7) is 8.22. The Balaban J connectivity index is 1.50. The lowest BCUT2D eigenvalue weighted by Gasteiger charge is -2.30. The van der Waals surface area contributed by atoms with Gasteiger partial charge in [-0.2, -0.15) is 5.10 Å². The van der Waals surface area contributed by atoms with E-state index in [1.165, 1.54) is 12.4 Å². The van der Waals surface area contributed by atoms with Gasteiger partial charge in [0.05, 0.1) is 40.8 Å². The summed E-state index contributed by atoms with van der Waals surface area (Å²) in [7, 11) is 0. The van der Waals surface area contributed by atoms with Crippen molar-refractivity contribution in [1.29, 1.82) is 0 Å². The lowest BCUT2D eigenvalue weighted by Crippen LogP contribution is -2.38. The number of nitrogens with zero attached hydrogens (tertiary/aromatic N) is 6. The molecule has 0 spiro atoms. The molecule has 2 atom stereocenters. The van der Waals surface area contributed by atoms with E-state index >= 15 is 0 Å². The van der Waals surface area contributed by atoms with Gasteiger partial charge in [0, 0.05) is 23.3 Å². The quantitative estimate of drug-likeness (QED) is 0.331. The molecule has 1 fully saturated rings. The molecule has 12 heteroatoms. The zero-order chi connectivity index (χ0) is 29.5. The summed E-state index contributed by atoms with van der Waals surface area (Å²) in [5.41, 5.74) is 9.80. The normalized spacial score (nSPS) is 18.8. The van der Waals surface area contributed by atoms with Crippen LogP contribution in [0.4, 0.5) is 5.69 Å². The van der Waals surface area contributed by atoms with Crippen LogP contribution in [0.1, 0.15) is 55.1 Å². The molecular formula is C30H33ClN8O3. The molecule has 6 rings (SSSR count). The molecule has 2 amide bonds. The maximum atomic E-state index is 13.1. The van der Waals surface area contributed by atoms with Crippen molar-refractivity contribution in [1.82, 2.24) is 30.0 Å². The van der Waals surface area contributed by atoms with Crippen LogP contribution in [-0.4, -0.2) is 56.2 Å². The molecule has 0 saturated carbocycles. The molecule has 4 aromatic rings. The number of primary amides is 1. The van der Waals surface area contributed by atoms with Crippen LogP contribution < -0.4 is 20.7 Å². The van der Waals surface area contributed by atoms with Gasteiger partial charge in [-0.05, 0) is 55.5 Å². The van der Waals surface area contributed by atoms with Crippen LogP contribution in [0.15, 0.2) is 36.8 Å². The molecule has 42 heavy (non-hydrogen) atoms. The number of nitrogens with two attached hydrogens (primary N) is 1. The van der Waals surface area contributed by atoms with Gasteiger partial charge in [0.2, 0.25) is 0 Å². The molecule has 1 aromatic carbocycles. The van der Waals surface area contributed by atoms with Crippen molar-refractivity contribution in [3.8, 4) is 16.9 Å².